The first-order valence-electron chi connectivity index (χ1n) is 4.55. The normalized spacial score (nSPS) is 11.4. The Bertz CT molecular complexity index is 570. The van der Waals surface area contributed by atoms with E-state index in [0.29, 0.717) is 17.0 Å². The third kappa shape index (κ3) is 1.92. The van der Waals surface area contributed by atoms with Crippen molar-refractivity contribution < 1.29 is 4.74 Å². The van der Waals surface area contributed by atoms with Crippen molar-refractivity contribution in [2.24, 2.45) is 0 Å². The highest BCUT2D eigenvalue weighted by Gasteiger charge is 2.20. The number of H-pyrrole nitrogens is 1. The largest absolute Gasteiger partial charge is 0.457 e. The lowest BCUT2D eigenvalue weighted by Gasteiger charge is -2.19. The van der Waals surface area contributed by atoms with Crippen molar-refractivity contribution in [1.29, 1.82) is 0 Å². The summed E-state index contributed by atoms with van der Waals surface area (Å²) in [5, 5.41) is 0.0717. The van der Waals surface area contributed by atoms with Gasteiger partial charge in [0.15, 0.2) is 11.2 Å². The second-order valence-corrected chi connectivity index (χ2v) is 3.99. The Morgan fingerprint density at radius 3 is 2.94 bits per heavy atom. The highest BCUT2D eigenvalue weighted by molar-refractivity contribution is 6.28. The molecule has 0 unspecified atom stereocenters. The first kappa shape index (κ1) is 10.7. The van der Waals surface area contributed by atoms with Crippen LogP contribution in [0.2, 0.25) is 5.28 Å². The lowest BCUT2D eigenvalue weighted by molar-refractivity contribution is 0.167. The van der Waals surface area contributed by atoms with Gasteiger partial charge in [-0.3, -0.25) is 0 Å². The molecule has 2 rings (SSSR count). The topological polar surface area (TPSA) is 63.7 Å². The molecule has 0 radical (unpaired) electrons. The Kier molecular flexibility index (Phi) is 2.44. The second-order valence-electron chi connectivity index (χ2n) is 3.66. The van der Waals surface area contributed by atoms with Crippen LogP contribution in [0, 0.1) is 12.3 Å². The molecule has 0 fully saturated rings. The molecule has 5 nitrogen and oxygen atoms in total. The summed E-state index contributed by atoms with van der Waals surface area (Å²) in [7, 11) is 0. The van der Waals surface area contributed by atoms with Crippen LogP contribution in [0.15, 0.2) is 6.33 Å². The van der Waals surface area contributed by atoms with Gasteiger partial charge in [0.05, 0.1) is 6.33 Å². The first-order valence-corrected chi connectivity index (χ1v) is 4.93. The molecule has 0 aliphatic heterocycles. The monoisotopic (exact) mass is 236 g/mol. The van der Waals surface area contributed by atoms with Crippen molar-refractivity contribution in [3.8, 4) is 18.2 Å². The van der Waals surface area contributed by atoms with E-state index < -0.39 is 5.60 Å². The molecule has 0 saturated heterocycles. The maximum Gasteiger partial charge on any atom is 0.246 e. The Hall–Kier alpha value is -1.80. The van der Waals surface area contributed by atoms with Crippen LogP contribution < -0.4 is 4.74 Å². The Labute approximate surface area is 97.2 Å². The van der Waals surface area contributed by atoms with Gasteiger partial charge in [-0.1, -0.05) is 5.92 Å². The molecule has 0 aromatic carbocycles. The fourth-order valence-electron chi connectivity index (χ4n) is 1.13. The molecule has 0 bridgehead atoms. The summed E-state index contributed by atoms with van der Waals surface area (Å²) >= 11 is 5.75. The van der Waals surface area contributed by atoms with Gasteiger partial charge in [-0.15, -0.1) is 6.42 Å². The average molecular weight is 237 g/mol. The third-order valence-electron chi connectivity index (χ3n) is 1.92. The number of hydrogen-bond donors (Lipinski definition) is 1. The van der Waals surface area contributed by atoms with E-state index in [9.17, 15) is 0 Å². The molecule has 6 heteroatoms. The minimum absolute atomic E-state index is 0.0717. The summed E-state index contributed by atoms with van der Waals surface area (Å²) in [4.78, 5) is 14.8. The van der Waals surface area contributed by atoms with Crippen LogP contribution in [-0.2, 0) is 0 Å². The lowest BCUT2D eigenvalue weighted by atomic mass is 10.1. The minimum atomic E-state index is -0.768. The molecule has 0 saturated carbocycles. The molecular weight excluding hydrogens is 228 g/mol. The van der Waals surface area contributed by atoms with Gasteiger partial charge >= 0.3 is 0 Å². The Balaban J connectivity index is 2.52. The number of nitrogens with one attached hydrogen (secondary N) is 1. The van der Waals surface area contributed by atoms with Crippen LogP contribution in [0.4, 0.5) is 0 Å². The van der Waals surface area contributed by atoms with E-state index in [1.54, 1.807) is 13.8 Å². The van der Waals surface area contributed by atoms with E-state index in [1.165, 1.54) is 6.33 Å². The van der Waals surface area contributed by atoms with Crippen molar-refractivity contribution in [3.05, 3.63) is 11.6 Å². The van der Waals surface area contributed by atoms with Crippen molar-refractivity contribution in [1.82, 2.24) is 19.9 Å². The quantitative estimate of drug-likeness (QED) is 0.638. The van der Waals surface area contributed by atoms with Crippen molar-refractivity contribution in [3.63, 3.8) is 0 Å². The maximum absolute atomic E-state index is 5.75. The Morgan fingerprint density at radius 1 is 1.50 bits per heavy atom. The molecular formula is C10H9ClN4O. The molecule has 0 atom stereocenters. The highest BCUT2D eigenvalue weighted by Crippen LogP contribution is 2.24. The van der Waals surface area contributed by atoms with Gasteiger partial charge in [-0.25, -0.2) is 4.98 Å². The molecule has 2 heterocycles. The summed E-state index contributed by atoms with van der Waals surface area (Å²) in [5.41, 5.74) is 0.256. The fourth-order valence-corrected chi connectivity index (χ4v) is 1.28. The Morgan fingerprint density at radius 2 is 2.25 bits per heavy atom. The van der Waals surface area contributed by atoms with Gasteiger partial charge in [0.1, 0.15) is 5.52 Å². The summed E-state index contributed by atoms with van der Waals surface area (Å²) < 4.78 is 5.56. The van der Waals surface area contributed by atoms with Gasteiger partial charge in [0.25, 0.3) is 0 Å². The number of ether oxygens (including phenoxy) is 1. The molecule has 0 aliphatic carbocycles. The molecule has 16 heavy (non-hydrogen) atoms. The number of halogens is 1. The van der Waals surface area contributed by atoms with Gasteiger partial charge in [-0.2, -0.15) is 9.97 Å². The SMILES string of the molecule is C#CC(C)(C)Oc1nc(Cl)nc2nc[nH]c12. The molecule has 2 aromatic heterocycles. The zero-order valence-electron chi connectivity index (χ0n) is 8.78. The van der Waals surface area contributed by atoms with Gasteiger partial charge in [0, 0.05) is 0 Å². The number of hydrogen-bond acceptors (Lipinski definition) is 4. The van der Waals surface area contributed by atoms with Crippen LogP contribution in [0.3, 0.4) is 0 Å². The third-order valence-corrected chi connectivity index (χ3v) is 2.09. The van der Waals surface area contributed by atoms with E-state index in [0.717, 1.165) is 0 Å². The van der Waals surface area contributed by atoms with Crippen molar-refractivity contribution in [2.75, 3.05) is 0 Å². The van der Waals surface area contributed by atoms with E-state index >= 15 is 0 Å². The summed E-state index contributed by atoms with van der Waals surface area (Å²) in [5.74, 6) is 2.81. The smallest absolute Gasteiger partial charge is 0.246 e. The number of imidazole rings is 1. The molecule has 2 aromatic rings. The zero-order valence-corrected chi connectivity index (χ0v) is 9.54. The van der Waals surface area contributed by atoms with Crippen LogP contribution in [0.1, 0.15) is 13.8 Å². The number of fused-ring (bicyclic) bond motifs is 1. The summed E-state index contributed by atoms with van der Waals surface area (Å²) in [6, 6.07) is 0. The summed E-state index contributed by atoms with van der Waals surface area (Å²) in [6.07, 6.45) is 6.83. The molecule has 0 spiro atoms. The predicted molar refractivity (Wildman–Crippen MR) is 60.2 cm³/mol. The standard InChI is InChI=1S/C10H9ClN4O/c1-4-10(2,3)16-8-6-7(13-5-12-6)14-9(11)15-8/h1,5H,2-3H3,(H,12,13,14,15). The molecule has 0 amide bonds. The van der Waals surface area contributed by atoms with E-state index in [4.69, 9.17) is 22.8 Å². The highest BCUT2D eigenvalue weighted by atomic mass is 35.5. The zero-order chi connectivity index (χ0) is 11.8. The predicted octanol–water partition coefficient (Wildman–Crippen LogP) is 1.80. The van der Waals surface area contributed by atoms with Crippen molar-refractivity contribution in [2.45, 2.75) is 19.4 Å². The number of aromatic nitrogens is 4. The minimum Gasteiger partial charge on any atom is -0.457 e. The van der Waals surface area contributed by atoms with E-state index in [1.807, 2.05) is 0 Å². The van der Waals surface area contributed by atoms with E-state index in [-0.39, 0.29) is 5.28 Å². The molecule has 0 aliphatic rings. The van der Waals surface area contributed by atoms with Crippen molar-refractivity contribution >= 4 is 22.8 Å². The van der Waals surface area contributed by atoms with Crippen LogP contribution in [0.5, 0.6) is 5.88 Å². The van der Waals surface area contributed by atoms with Crippen LogP contribution in [0.25, 0.3) is 11.2 Å². The van der Waals surface area contributed by atoms with Gasteiger partial charge in [-0.05, 0) is 25.4 Å². The second kappa shape index (κ2) is 3.65. The van der Waals surface area contributed by atoms with Crippen LogP contribution in [-0.4, -0.2) is 25.5 Å². The number of terminal acetylenes is 1. The number of nitrogens with zero attached hydrogens (tertiary/aromatic N) is 3. The average Bonchev–Trinajstić information content (AvgIpc) is 2.65. The molecule has 82 valence electrons. The van der Waals surface area contributed by atoms with Gasteiger partial charge in [0.2, 0.25) is 11.2 Å². The first-order chi connectivity index (χ1) is 7.52. The lowest BCUT2D eigenvalue weighted by Crippen LogP contribution is -2.26. The number of aromatic amines is 1. The van der Waals surface area contributed by atoms with Crippen LogP contribution >= 0.6 is 11.6 Å². The van der Waals surface area contributed by atoms with E-state index in [2.05, 4.69) is 25.9 Å². The maximum atomic E-state index is 5.75. The number of rotatable bonds is 2. The van der Waals surface area contributed by atoms with Gasteiger partial charge < -0.3 is 9.72 Å². The molecule has 1 N–H and O–H groups in total. The fraction of sp³-hybridized carbons (Fsp3) is 0.300. The summed E-state index contributed by atoms with van der Waals surface area (Å²) in [6.45, 7) is 3.51.